The first-order chi connectivity index (χ1) is 20.2. The quantitative estimate of drug-likeness (QED) is 0.285. The van der Waals surface area contributed by atoms with E-state index in [0.717, 1.165) is 57.3 Å². The highest BCUT2D eigenvalue weighted by molar-refractivity contribution is 7.92. The van der Waals surface area contributed by atoms with E-state index in [9.17, 15) is 17.6 Å². The Morgan fingerprint density at radius 2 is 1.50 bits per heavy atom. The van der Waals surface area contributed by atoms with E-state index in [1.807, 2.05) is 24.3 Å². The van der Waals surface area contributed by atoms with Crippen LogP contribution >= 0.6 is 0 Å². The molecule has 0 atom stereocenters. The summed E-state index contributed by atoms with van der Waals surface area (Å²) in [5.74, 6) is 1.51. The molecule has 1 aliphatic heterocycles. The van der Waals surface area contributed by atoms with E-state index < -0.39 is 10.0 Å². The van der Waals surface area contributed by atoms with Crippen molar-refractivity contribution >= 4 is 27.4 Å². The molecule has 224 valence electrons. The summed E-state index contributed by atoms with van der Waals surface area (Å²) in [5, 5.41) is 3.25. The van der Waals surface area contributed by atoms with Gasteiger partial charge in [0.05, 0.1) is 6.26 Å². The van der Waals surface area contributed by atoms with E-state index in [4.69, 9.17) is 4.74 Å². The third-order valence-corrected chi connectivity index (χ3v) is 8.54. The highest BCUT2D eigenvalue weighted by Gasteiger charge is 2.27. The van der Waals surface area contributed by atoms with Gasteiger partial charge in [0.15, 0.2) is 0 Å². The number of urea groups is 1. The topological polar surface area (TPSA) is 91.0 Å². The molecule has 0 radical (unpaired) electrons. The molecule has 3 aromatic rings. The second kappa shape index (κ2) is 13.6. The number of halogens is 1. The van der Waals surface area contributed by atoms with Crippen LogP contribution in [0.5, 0.6) is 11.5 Å². The molecule has 42 heavy (non-hydrogen) atoms. The van der Waals surface area contributed by atoms with E-state index in [-0.39, 0.29) is 17.9 Å². The fraction of sp³-hybridized carbons (Fsp3) is 0.406. The predicted molar refractivity (Wildman–Crippen MR) is 164 cm³/mol. The van der Waals surface area contributed by atoms with Gasteiger partial charge < -0.3 is 10.1 Å². The molecular formula is C32H39FN4O4S. The molecule has 0 bridgehead atoms. The monoisotopic (exact) mass is 594 g/mol. The Morgan fingerprint density at radius 1 is 0.905 bits per heavy atom. The average molecular weight is 595 g/mol. The number of nitrogens with zero attached hydrogens (tertiary/aromatic N) is 2. The van der Waals surface area contributed by atoms with Crippen LogP contribution in [-0.4, -0.2) is 51.3 Å². The number of piperidine rings is 1. The van der Waals surface area contributed by atoms with Gasteiger partial charge in [-0.1, -0.05) is 25.0 Å². The van der Waals surface area contributed by atoms with Crippen molar-refractivity contribution in [2.75, 3.05) is 35.5 Å². The number of rotatable bonds is 10. The molecule has 1 aliphatic carbocycles. The zero-order valence-electron chi connectivity index (χ0n) is 24.0. The van der Waals surface area contributed by atoms with E-state index >= 15 is 0 Å². The normalized spacial score (nSPS) is 16.7. The third-order valence-electron chi connectivity index (χ3n) is 7.94. The molecule has 2 fully saturated rings. The van der Waals surface area contributed by atoms with E-state index in [0.29, 0.717) is 29.6 Å². The molecule has 1 saturated heterocycles. The molecule has 1 saturated carbocycles. The molecule has 2 N–H and O–H groups in total. The minimum Gasteiger partial charge on any atom is -0.457 e. The lowest BCUT2D eigenvalue weighted by Gasteiger charge is -2.34. The Morgan fingerprint density at radius 3 is 2.10 bits per heavy atom. The van der Waals surface area contributed by atoms with Gasteiger partial charge in [-0.3, -0.25) is 14.5 Å². The van der Waals surface area contributed by atoms with Crippen LogP contribution in [0.1, 0.15) is 44.1 Å². The van der Waals surface area contributed by atoms with Gasteiger partial charge in [0.25, 0.3) is 0 Å². The summed E-state index contributed by atoms with van der Waals surface area (Å²) in [6, 6.07) is 20.9. The van der Waals surface area contributed by atoms with E-state index in [1.165, 1.54) is 30.5 Å². The second-order valence-corrected chi connectivity index (χ2v) is 13.1. The molecule has 5 rings (SSSR count). The van der Waals surface area contributed by atoms with Gasteiger partial charge in [-0.15, -0.1) is 0 Å². The van der Waals surface area contributed by atoms with Gasteiger partial charge in [-0.05, 0) is 97.8 Å². The minimum absolute atomic E-state index is 0.0937. The van der Waals surface area contributed by atoms with Gasteiger partial charge in [0.2, 0.25) is 10.0 Å². The molecule has 0 spiro atoms. The second-order valence-electron chi connectivity index (χ2n) is 11.4. The maximum atomic E-state index is 13.5. The lowest BCUT2D eigenvalue weighted by molar-refractivity contribution is 0.188. The van der Waals surface area contributed by atoms with Crippen molar-refractivity contribution in [3.8, 4) is 11.5 Å². The van der Waals surface area contributed by atoms with Crippen LogP contribution in [0, 0.1) is 11.7 Å². The molecule has 1 heterocycles. The van der Waals surface area contributed by atoms with Gasteiger partial charge in [-0.2, -0.15) is 0 Å². The molecule has 0 unspecified atom stereocenters. The number of sulfonamides is 1. The summed E-state index contributed by atoms with van der Waals surface area (Å²) < 4.78 is 44.6. The van der Waals surface area contributed by atoms with Crippen molar-refractivity contribution in [2.24, 2.45) is 5.92 Å². The summed E-state index contributed by atoms with van der Waals surface area (Å²) in [4.78, 5) is 17.5. The zero-order valence-corrected chi connectivity index (χ0v) is 24.8. The van der Waals surface area contributed by atoms with Crippen LogP contribution in [-0.2, 0) is 16.6 Å². The van der Waals surface area contributed by atoms with Crippen LogP contribution in [0.4, 0.5) is 20.6 Å². The summed E-state index contributed by atoms with van der Waals surface area (Å²) in [6.45, 7) is 3.25. The number of hydrogen-bond donors (Lipinski definition) is 2. The lowest BCUT2D eigenvalue weighted by Crippen LogP contribution is -2.50. The van der Waals surface area contributed by atoms with Crippen LogP contribution < -0.4 is 19.7 Å². The van der Waals surface area contributed by atoms with E-state index in [1.54, 1.807) is 41.3 Å². The number of anilines is 2. The Labute approximate surface area is 247 Å². The molecule has 10 heteroatoms. The highest BCUT2D eigenvalue weighted by atomic mass is 32.2. The number of carbonyl (C=O) groups is 1. The standard InChI is InChI=1S/C32H39FN4O4S/c1-42(39,40)35-28-10-16-31(17-11-28)41-30-14-6-25(7-15-30)22-36-20-18-27(19-21-36)34-32(38)37(23-24-4-2-3-5-24)29-12-8-26(33)9-13-29/h6-17,24,27,35H,2-5,18-23H2,1H3,(H,34,38). The smallest absolute Gasteiger partial charge is 0.322 e. The molecule has 2 amide bonds. The Kier molecular flexibility index (Phi) is 9.64. The third kappa shape index (κ3) is 8.69. The van der Waals surface area contributed by atoms with Crippen molar-refractivity contribution in [1.82, 2.24) is 10.2 Å². The first-order valence-electron chi connectivity index (χ1n) is 14.6. The van der Waals surface area contributed by atoms with Crippen LogP contribution in [0.2, 0.25) is 0 Å². The van der Waals surface area contributed by atoms with E-state index in [2.05, 4.69) is 14.9 Å². The number of likely N-dealkylation sites (tertiary alicyclic amines) is 1. The van der Waals surface area contributed by atoms with Gasteiger partial charge in [-0.25, -0.2) is 17.6 Å². The van der Waals surface area contributed by atoms with Crippen molar-refractivity contribution in [1.29, 1.82) is 0 Å². The molecule has 8 nitrogen and oxygen atoms in total. The number of nitrogens with one attached hydrogen (secondary N) is 2. The lowest BCUT2D eigenvalue weighted by atomic mass is 10.0. The van der Waals surface area contributed by atoms with Crippen LogP contribution in [0.25, 0.3) is 0 Å². The van der Waals surface area contributed by atoms with Crippen molar-refractivity contribution < 1.29 is 22.3 Å². The predicted octanol–water partition coefficient (Wildman–Crippen LogP) is 6.36. The summed E-state index contributed by atoms with van der Waals surface area (Å²) in [7, 11) is -3.32. The number of carbonyl (C=O) groups excluding carboxylic acids is 1. The maximum absolute atomic E-state index is 13.5. The number of amides is 2. The van der Waals surface area contributed by atoms with Crippen molar-refractivity contribution in [2.45, 2.75) is 51.1 Å². The van der Waals surface area contributed by atoms with Crippen molar-refractivity contribution in [3.05, 3.63) is 84.2 Å². The fourth-order valence-corrected chi connectivity index (χ4v) is 6.29. The SMILES string of the molecule is CS(=O)(=O)Nc1ccc(Oc2ccc(CN3CCC(NC(=O)N(CC4CCCC4)c4ccc(F)cc4)CC3)cc2)cc1. The first kappa shape index (κ1) is 29.8. The number of ether oxygens (including phenoxy) is 1. The zero-order chi connectivity index (χ0) is 29.5. The summed E-state index contributed by atoms with van der Waals surface area (Å²) >= 11 is 0. The molecular weight excluding hydrogens is 555 g/mol. The molecule has 3 aromatic carbocycles. The molecule has 2 aliphatic rings. The molecule has 0 aromatic heterocycles. The highest BCUT2D eigenvalue weighted by Crippen LogP contribution is 2.28. The van der Waals surface area contributed by atoms with Gasteiger partial charge >= 0.3 is 6.03 Å². The van der Waals surface area contributed by atoms with Crippen molar-refractivity contribution in [3.63, 3.8) is 0 Å². The van der Waals surface area contributed by atoms with Gasteiger partial charge in [0.1, 0.15) is 17.3 Å². The largest absolute Gasteiger partial charge is 0.457 e. The van der Waals surface area contributed by atoms with Gasteiger partial charge in [0, 0.05) is 43.6 Å². The minimum atomic E-state index is -3.32. The number of hydrogen-bond acceptors (Lipinski definition) is 5. The number of benzene rings is 3. The van der Waals surface area contributed by atoms with Crippen LogP contribution in [0.15, 0.2) is 72.8 Å². The Hall–Kier alpha value is -3.63. The fourth-order valence-electron chi connectivity index (χ4n) is 5.73. The van der Waals surface area contributed by atoms with Crippen LogP contribution in [0.3, 0.4) is 0 Å². The summed E-state index contributed by atoms with van der Waals surface area (Å²) in [5.41, 5.74) is 2.40. The Bertz CT molecular complexity index is 1420. The average Bonchev–Trinajstić information content (AvgIpc) is 3.48. The Balaban J connectivity index is 1.09. The summed E-state index contributed by atoms with van der Waals surface area (Å²) in [6.07, 6.45) is 7.54. The maximum Gasteiger partial charge on any atom is 0.322 e. The first-order valence-corrected chi connectivity index (χ1v) is 16.5.